The number of thiocarbonyl (C=S) groups is 1. The maximum absolute atomic E-state index is 11.6. The van der Waals surface area contributed by atoms with Crippen molar-refractivity contribution in [2.24, 2.45) is 4.99 Å². The van der Waals surface area contributed by atoms with Gasteiger partial charge in [0.15, 0.2) is 0 Å². The van der Waals surface area contributed by atoms with Gasteiger partial charge in [0.1, 0.15) is 5.00 Å². The monoisotopic (exact) mass is 275 g/mol. The first kappa shape index (κ1) is 12.6. The first-order valence-electron chi connectivity index (χ1n) is 5.11. The number of hydrogen-bond acceptors (Lipinski definition) is 5. The van der Waals surface area contributed by atoms with Crippen molar-refractivity contribution in [3.63, 3.8) is 0 Å². The molecule has 5 heteroatoms. The van der Waals surface area contributed by atoms with E-state index in [0.29, 0.717) is 10.6 Å². The minimum Gasteiger partial charge on any atom is -0.465 e. The molecule has 0 aliphatic heterocycles. The topological polar surface area (TPSA) is 38.7 Å². The maximum atomic E-state index is 11.6. The second-order valence-corrected chi connectivity index (χ2v) is 4.60. The lowest BCUT2D eigenvalue weighted by atomic mass is 10.1. The number of thiophene rings is 1. The third kappa shape index (κ3) is 2.54. The fourth-order valence-corrected chi connectivity index (χ4v) is 2.64. The van der Waals surface area contributed by atoms with E-state index >= 15 is 0 Å². The first-order valence-corrected chi connectivity index (χ1v) is 6.34. The second kappa shape index (κ2) is 5.69. The van der Waals surface area contributed by atoms with E-state index in [1.54, 1.807) is 6.07 Å². The summed E-state index contributed by atoms with van der Waals surface area (Å²) in [7, 11) is 1.34. The molecule has 0 unspecified atom stereocenters. The number of carbonyl (C=O) groups excluding carboxylic acids is 1. The van der Waals surface area contributed by atoms with Gasteiger partial charge in [-0.25, -0.2) is 4.79 Å². The van der Waals surface area contributed by atoms with Gasteiger partial charge in [0, 0.05) is 4.88 Å². The molecule has 3 nitrogen and oxygen atoms in total. The molecule has 2 aromatic rings. The maximum Gasteiger partial charge on any atom is 0.341 e. The Morgan fingerprint density at radius 1 is 1.39 bits per heavy atom. The van der Waals surface area contributed by atoms with Crippen LogP contribution in [-0.4, -0.2) is 18.2 Å². The smallest absolute Gasteiger partial charge is 0.341 e. The number of esters is 1. The summed E-state index contributed by atoms with van der Waals surface area (Å²) in [5.74, 6) is -0.419. The summed E-state index contributed by atoms with van der Waals surface area (Å²) in [6.07, 6.45) is 0. The van der Waals surface area contributed by atoms with Crippen LogP contribution in [0.5, 0.6) is 0 Å². The Hall–Kier alpha value is -1.81. The van der Waals surface area contributed by atoms with Crippen LogP contribution in [0.2, 0.25) is 0 Å². The van der Waals surface area contributed by atoms with Gasteiger partial charge in [-0.3, -0.25) is 0 Å². The Balaban J connectivity index is 2.52. The predicted octanol–water partition coefficient (Wildman–Crippen LogP) is 3.94. The summed E-state index contributed by atoms with van der Waals surface area (Å²) in [5.41, 5.74) is 1.44. The molecule has 0 bridgehead atoms. The number of rotatable bonds is 3. The minimum absolute atomic E-state index is 0.415. The first-order chi connectivity index (χ1) is 8.76. The minimum atomic E-state index is -0.419. The number of aliphatic imine (C=N–C) groups is 1. The summed E-state index contributed by atoms with van der Waals surface area (Å²) in [6.45, 7) is 0. The third-order valence-electron chi connectivity index (χ3n) is 2.32. The zero-order valence-electron chi connectivity index (χ0n) is 9.54. The van der Waals surface area contributed by atoms with Crippen LogP contribution in [0.25, 0.3) is 10.4 Å². The lowest BCUT2D eigenvalue weighted by Gasteiger charge is -1.95. The van der Waals surface area contributed by atoms with Crippen molar-refractivity contribution in [3.8, 4) is 10.4 Å². The van der Waals surface area contributed by atoms with Crippen LogP contribution in [0.3, 0.4) is 0 Å². The van der Waals surface area contributed by atoms with Gasteiger partial charge in [0.2, 0.25) is 0 Å². The summed E-state index contributed by atoms with van der Waals surface area (Å²) in [5, 5.41) is 2.80. The molecule has 0 saturated heterocycles. The molecule has 0 atom stereocenters. The molecule has 0 amide bonds. The van der Waals surface area contributed by atoms with Crippen molar-refractivity contribution in [2.75, 3.05) is 7.11 Å². The highest BCUT2D eigenvalue weighted by Gasteiger charge is 2.16. The average molecular weight is 275 g/mol. The number of carbonyl (C=O) groups is 1. The van der Waals surface area contributed by atoms with Gasteiger partial charge in [-0.2, -0.15) is 4.99 Å². The standard InChI is InChI=1S/C13H9NO2S2/c1-16-13(15)10-7-11(18-12(10)14-8-17)9-5-3-2-4-6-9/h2-7H,1H3. The van der Waals surface area contributed by atoms with Gasteiger partial charge in [-0.1, -0.05) is 30.3 Å². The molecule has 0 radical (unpaired) electrons. The van der Waals surface area contributed by atoms with Crippen LogP contribution in [0.4, 0.5) is 5.00 Å². The number of isothiocyanates is 1. The normalized spacial score (nSPS) is 9.61. The fraction of sp³-hybridized carbons (Fsp3) is 0.0769. The summed E-state index contributed by atoms with van der Waals surface area (Å²) in [4.78, 5) is 16.5. The van der Waals surface area contributed by atoms with Gasteiger partial charge in [0.05, 0.1) is 17.8 Å². The van der Waals surface area contributed by atoms with E-state index in [1.165, 1.54) is 18.4 Å². The fourth-order valence-electron chi connectivity index (χ4n) is 1.51. The number of nitrogens with zero attached hydrogens (tertiary/aromatic N) is 1. The second-order valence-electron chi connectivity index (χ2n) is 3.39. The van der Waals surface area contributed by atoms with Crippen LogP contribution in [0.15, 0.2) is 41.4 Å². The molecule has 0 aliphatic rings. The quantitative estimate of drug-likeness (QED) is 0.484. The zero-order valence-corrected chi connectivity index (χ0v) is 11.2. The Bertz CT molecular complexity index is 613. The molecule has 0 fully saturated rings. The number of hydrogen-bond donors (Lipinski definition) is 0. The van der Waals surface area contributed by atoms with Crippen molar-refractivity contribution < 1.29 is 9.53 Å². The van der Waals surface area contributed by atoms with Crippen LogP contribution in [0.1, 0.15) is 10.4 Å². The summed E-state index contributed by atoms with van der Waals surface area (Å²) >= 11 is 5.96. The number of methoxy groups -OCH3 is 1. The van der Waals surface area contributed by atoms with E-state index in [-0.39, 0.29) is 0 Å². The third-order valence-corrected chi connectivity index (χ3v) is 3.49. The largest absolute Gasteiger partial charge is 0.465 e. The van der Waals surface area contributed by atoms with Gasteiger partial charge in [-0.15, -0.1) is 11.3 Å². The Morgan fingerprint density at radius 3 is 2.72 bits per heavy atom. The Kier molecular flexibility index (Phi) is 3.99. The molecule has 2 rings (SSSR count). The van der Waals surface area contributed by atoms with Crippen LogP contribution in [0, 0.1) is 0 Å². The average Bonchev–Trinajstić information content (AvgIpc) is 2.83. The Morgan fingerprint density at radius 2 is 2.11 bits per heavy atom. The SMILES string of the molecule is COC(=O)c1cc(-c2ccccc2)sc1N=C=S. The van der Waals surface area contributed by atoms with Crippen molar-refractivity contribution in [1.82, 2.24) is 0 Å². The molecule has 0 aliphatic carbocycles. The molecule has 1 heterocycles. The van der Waals surface area contributed by atoms with E-state index in [2.05, 4.69) is 22.4 Å². The highest BCUT2D eigenvalue weighted by atomic mass is 32.1. The molecule has 0 saturated carbocycles. The van der Waals surface area contributed by atoms with E-state index in [1.807, 2.05) is 30.3 Å². The molecule has 1 aromatic heterocycles. The van der Waals surface area contributed by atoms with Gasteiger partial charge in [-0.05, 0) is 23.8 Å². The van der Waals surface area contributed by atoms with E-state index in [9.17, 15) is 4.79 Å². The predicted molar refractivity (Wildman–Crippen MR) is 75.8 cm³/mol. The number of ether oxygens (including phenoxy) is 1. The lowest BCUT2D eigenvalue weighted by Crippen LogP contribution is -1.98. The van der Waals surface area contributed by atoms with E-state index < -0.39 is 5.97 Å². The molecule has 18 heavy (non-hydrogen) atoms. The molecule has 90 valence electrons. The highest BCUT2D eigenvalue weighted by molar-refractivity contribution is 7.78. The Labute approximate surface area is 114 Å². The van der Waals surface area contributed by atoms with Crippen molar-refractivity contribution in [1.29, 1.82) is 0 Å². The highest BCUT2D eigenvalue weighted by Crippen LogP contribution is 2.37. The lowest BCUT2D eigenvalue weighted by molar-refractivity contribution is 0.0602. The molecule has 0 spiro atoms. The van der Waals surface area contributed by atoms with Crippen molar-refractivity contribution in [3.05, 3.63) is 42.0 Å². The van der Waals surface area contributed by atoms with Crippen LogP contribution in [-0.2, 0) is 4.74 Å². The van der Waals surface area contributed by atoms with Gasteiger partial charge < -0.3 is 4.74 Å². The molecule has 1 aromatic carbocycles. The summed E-state index contributed by atoms with van der Waals surface area (Å²) < 4.78 is 4.72. The zero-order chi connectivity index (χ0) is 13.0. The van der Waals surface area contributed by atoms with Crippen LogP contribution < -0.4 is 0 Å². The molecular weight excluding hydrogens is 266 g/mol. The van der Waals surface area contributed by atoms with Crippen LogP contribution >= 0.6 is 23.6 Å². The van der Waals surface area contributed by atoms with Gasteiger partial charge >= 0.3 is 5.97 Å². The molecular formula is C13H9NO2S2. The van der Waals surface area contributed by atoms with Gasteiger partial charge in [0.25, 0.3) is 0 Å². The van der Waals surface area contributed by atoms with Crippen molar-refractivity contribution in [2.45, 2.75) is 0 Å². The number of benzene rings is 1. The van der Waals surface area contributed by atoms with E-state index in [4.69, 9.17) is 4.74 Å². The molecule has 0 N–H and O–H groups in total. The van der Waals surface area contributed by atoms with Crippen molar-refractivity contribution >= 4 is 39.7 Å². The summed E-state index contributed by atoms with van der Waals surface area (Å²) in [6, 6.07) is 11.5. The van der Waals surface area contributed by atoms with E-state index in [0.717, 1.165) is 10.4 Å².